The largest absolute Gasteiger partial charge is 0.374 e. The number of aromatic nitrogens is 3. The number of aryl methyl sites for hydroxylation is 1. The van der Waals surface area contributed by atoms with Gasteiger partial charge in [-0.15, -0.1) is 0 Å². The number of nitrogens with zero attached hydrogens (tertiary/aromatic N) is 6. The number of anilines is 2. The van der Waals surface area contributed by atoms with Crippen molar-refractivity contribution in [1.82, 2.24) is 19.4 Å². The van der Waals surface area contributed by atoms with Gasteiger partial charge in [0.2, 0.25) is 5.95 Å². The maximum atomic E-state index is 6.41. The predicted molar refractivity (Wildman–Crippen MR) is 107 cm³/mol. The highest BCUT2D eigenvalue weighted by molar-refractivity contribution is 6.30. The fourth-order valence-electron chi connectivity index (χ4n) is 5.29. The van der Waals surface area contributed by atoms with Gasteiger partial charge in [0.1, 0.15) is 10.7 Å². The van der Waals surface area contributed by atoms with Crippen LogP contribution >= 0.6 is 11.6 Å². The highest BCUT2D eigenvalue weighted by Crippen LogP contribution is 2.38. The fourth-order valence-corrected chi connectivity index (χ4v) is 5.47. The molecule has 6 heterocycles. The van der Waals surface area contributed by atoms with Crippen LogP contribution in [0.1, 0.15) is 6.42 Å². The summed E-state index contributed by atoms with van der Waals surface area (Å²) in [5.41, 5.74) is 1.96. The van der Waals surface area contributed by atoms with E-state index >= 15 is 0 Å². The molecule has 6 rings (SSSR count). The van der Waals surface area contributed by atoms with Crippen LogP contribution in [0.4, 0.5) is 11.8 Å². The molecule has 0 spiro atoms. The van der Waals surface area contributed by atoms with Gasteiger partial charge in [-0.1, -0.05) is 11.6 Å². The Bertz CT molecular complexity index is 935. The van der Waals surface area contributed by atoms with E-state index in [0.717, 1.165) is 68.6 Å². The number of morpholine rings is 2. The van der Waals surface area contributed by atoms with Crippen molar-refractivity contribution < 1.29 is 9.47 Å². The van der Waals surface area contributed by atoms with Crippen LogP contribution in [-0.2, 0) is 16.5 Å². The van der Waals surface area contributed by atoms with Crippen molar-refractivity contribution in [2.45, 2.75) is 30.7 Å². The molecule has 4 aliphatic heterocycles. The quantitative estimate of drug-likeness (QED) is 0.695. The Morgan fingerprint density at radius 2 is 2.04 bits per heavy atom. The summed E-state index contributed by atoms with van der Waals surface area (Å²) in [6.45, 7) is 5.21. The van der Waals surface area contributed by atoms with Gasteiger partial charge in [0.05, 0.1) is 43.0 Å². The zero-order chi connectivity index (χ0) is 19.0. The van der Waals surface area contributed by atoms with Crippen molar-refractivity contribution in [2.75, 3.05) is 56.2 Å². The smallest absolute Gasteiger partial charge is 0.206 e. The summed E-state index contributed by atoms with van der Waals surface area (Å²) in [5.74, 6) is 1.86. The van der Waals surface area contributed by atoms with Crippen LogP contribution < -0.4 is 9.80 Å². The van der Waals surface area contributed by atoms with Gasteiger partial charge in [-0.05, 0) is 13.5 Å². The van der Waals surface area contributed by atoms with Crippen molar-refractivity contribution in [2.24, 2.45) is 7.05 Å². The fraction of sp³-hybridized carbons (Fsp3) is 0.684. The molecule has 4 atom stereocenters. The molecule has 0 N–H and O–H groups in total. The molecule has 4 aliphatic rings. The van der Waals surface area contributed by atoms with Crippen LogP contribution in [0.2, 0.25) is 5.15 Å². The van der Waals surface area contributed by atoms with Crippen molar-refractivity contribution in [3.8, 4) is 0 Å². The molecule has 0 unspecified atom stereocenters. The number of imidazole rings is 1. The maximum absolute atomic E-state index is 6.41. The van der Waals surface area contributed by atoms with E-state index in [1.165, 1.54) is 0 Å². The third-order valence-electron chi connectivity index (χ3n) is 6.83. The first-order valence-corrected chi connectivity index (χ1v) is 10.4. The topological polar surface area (TPSA) is 58.9 Å². The van der Waals surface area contributed by atoms with Gasteiger partial charge in [0, 0.05) is 39.3 Å². The van der Waals surface area contributed by atoms with Gasteiger partial charge < -0.3 is 23.8 Å². The first kappa shape index (κ1) is 17.3. The Morgan fingerprint density at radius 1 is 1.14 bits per heavy atom. The summed E-state index contributed by atoms with van der Waals surface area (Å²) in [7, 11) is 4.25. The van der Waals surface area contributed by atoms with Crippen LogP contribution in [0.5, 0.6) is 0 Å². The summed E-state index contributed by atoms with van der Waals surface area (Å²) >= 11 is 6.41. The van der Waals surface area contributed by atoms with E-state index in [0.29, 0.717) is 23.3 Å². The molecule has 0 saturated carbocycles. The average molecular weight is 405 g/mol. The summed E-state index contributed by atoms with van der Waals surface area (Å²) in [6, 6.07) is 2.72. The number of fused-ring (bicyclic) bond motifs is 4. The van der Waals surface area contributed by atoms with Crippen LogP contribution in [0.3, 0.4) is 0 Å². The Hall–Kier alpha value is -1.61. The van der Waals surface area contributed by atoms with Gasteiger partial charge in [0.15, 0.2) is 5.82 Å². The number of ether oxygens (including phenoxy) is 2. The van der Waals surface area contributed by atoms with E-state index < -0.39 is 0 Å². The third-order valence-corrected chi connectivity index (χ3v) is 7.02. The molecule has 150 valence electrons. The lowest BCUT2D eigenvalue weighted by Gasteiger charge is -2.33. The molecule has 0 aromatic carbocycles. The monoisotopic (exact) mass is 404 g/mol. The van der Waals surface area contributed by atoms with E-state index in [2.05, 4.69) is 38.3 Å². The second-order valence-corrected chi connectivity index (χ2v) is 8.85. The number of rotatable bonds is 2. The van der Waals surface area contributed by atoms with E-state index in [1.807, 2.05) is 6.07 Å². The summed E-state index contributed by atoms with van der Waals surface area (Å²) < 4.78 is 13.9. The summed E-state index contributed by atoms with van der Waals surface area (Å²) in [6.07, 6.45) is 1.61. The lowest BCUT2D eigenvalue weighted by molar-refractivity contribution is -0.0362. The first-order chi connectivity index (χ1) is 13.6. The van der Waals surface area contributed by atoms with Crippen molar-refractivity contribution in [3.63, 3.8) is 0 Å². The minimum absolute atomic E-state index is 0.242. The van der Waals surface area contributed by atoms with Crippen LogP contribution in [0.25, 0.3) is 11.0 Å². The van der Waals surface area contributed by atoms with Crippen LogP contribution in [0, 0.1) is 0 Å². The number of hydrogen-bond acceptors (Lipinski definition) is 7. The van der Waals surface area contributed by atoms with E-state index in [4.69, 9.17) is 26.1 Å². The lowest BCUT2D eigenvalue weighted by atomic mass is 10.1. The second-order valence-electron chi connectivity index (χ2n) is 8.47. The highest BCUT2D eigenvalue weighted by atomic mass is 35.5. The standard InChI is InChI=1S/C19H25ClN6O2/c1-23-3-4-27-15-9-25(8-14(15)23)19-22-17-13(24(19)2)6-16(20)21-18(17)26-7-12-5-11(26)10-28-12/h6,11-12,14-15H,3-5,7-10H2,1-2H3/t11-,12-,14+,15-/m1/s1. The zero-order valence-corrected chi connectivity index (χ0v) is 17.0. The van der Waals surface area contributed by atoms with Gasteiger partial charge in [-0.3, -0.25) is 4.90 Å². The molecule has 2 aromatic heterocycles. The van der Waals surface area contributed by atoms with Crippen molar-refractivity contribution >= 4 is 34.4 Å². The second kappa shape index (κ2) is 6.19. The number of hydrogen-bond donors (Lipinski definition) is 0. The van der Waals surface area contributed by atoms with Crippen LogP contribution in [-0.4, -0.2) is 90.2 Å². The van der Waals surface area contributed by atoms with Crippen molar-refractivity contribution in [1.29, 1.82) is 0 Å². The van der Waals surface area contributed by atoms with Gasteiger partial charge >= 0.3 is 0 Å². The van der Waals surface area contributed by atoms with E-state index in [-0.39, 0.29) is 6.10 Å². The molecular weight excluding hydrogens is 380 g/mol. The molecule has 0 amide bonds. The summed E-state index contributed by atoms with van der Waals surface area (Å²) in [4.78, 5) is 16.8. The molecule has 8 nitrogen and oxygen atoms in total. The van der Waals surface area contributed by atoms with E-state index in [1.54, 1.807) is 0 Å². The molecule has 28 heavy (non-hydrogen) atoms. The Morgan fingerprint density at radius 3 is 2.79 bits per heavy atom. The van der Waals surface area contributed by atoms with Crippen molar-refractivity contribution in [3.05, 3.63) is 11.2 Å². The molecule has 0 radical (unpaired) electrons. The summed E-state index contributed by atoms with van der Waals surface area (Å²) in [5, 5.41) is 0.513. The Labute approximate surface area is 169 Å². The zero-order valence-electron chi connectivity index (χ0n) is 16.2. The van der Waals surface area contributed by atoms with E-state index in [9.17, 15) is 0 Å². The Kier molecular flexibility index (Phi) is 3.82. The molecule has 9 heteroatoms. The molecule has 2 aromatic rings. The minimum Gasteiger partial charge on any atom is -0.374 e. The third kappa shape index (κ3) is 2.48. The first-order valence-electron chi connectivity index (χ1n) is 10.1. The molecule has 2 bridgehead atoms. The predicted octanol–water partition coefficient (Wildman–Crippen LogP) is 1.12. The Balaban J connectivity index is 1.40. The molecular formula is C19H25ClN6O2. The maximum Gasteiger partial charge on any atom is 0.206 e. The number of pyridine rings is 1. The van der Waals surface area contributed by atoms with Gasteiger partial charge in [0.25, 0.3) is 0 Å². The normalized spacial score (nSPS) is 32.7. The molecule has 0 aliphatic carbocycles. The molecule has 4 fully saturated rings. The molecule has 4 saturated heterocycles. The van der Waals surface area contributed by atoms with Crippen LogP contribution in [0.15, 0.2) is 6.07 Å². The minimum atomic E-state index is 0.242. The number of likely N-dealkylation sites (N-methyl/N-ethyl adjacent to an activating group) is 1. The van der Waals surface area contributed by atoms with Gasteiger partial charge in [-0.25, -0.2) is 9.97 Å². The highest BCUT2D eigenvalue weighted by Gasteiger charge is 2.42. The van der Waals surface area contributed by atoms with Gasteiger partial charge in [-0.2, -0.15) is 0 Å². The SMILES string of the molecule is CN1CCO[C@@H]2CN(c3nc4c(N5C[C@H]6C[C@@H]5CO6)nc(Cl)cc4n3C)C[C@@H]21. The average Bonchev–Trinajstić information content (AvgIpc) is 3.44. The number of halogens is 1. The lowest BCUT2D eigenvalue weighted by Crippen LogP contribution is -2.48.